The maximum absolute atomic E-state index is 12.6. The van der Waals surface area contributed by atoms with Crippen molar-refractivity contribution in [2.75, 3.05) is 26.2 Å². The van der Waals surface area contributed by atoms with Gasteiger partial charge in [0.05, 0.1) is 0 Å². The number of carbonyl (C=O) groups is 2. The normalized spacial score (nSPS) is 19.3. The molecule has 3 rings (SSSR count). The first kappa shape index (κ1) is 20.5. The van der Waals surface area contributed by atoms with E-state index in [1.165, 1.54) is 44.2 Å². The zero-order valence-corrected chi connectivity index (χ0v) is 16.8. The quantitative estimate of drug-likeness (QED) is 0.813. The molecule has 2 amide bonds. The Kier molecular flexibility index (Phi) is 7.18. The molecule has 1 unspecified atom stereocenters. The molecule has 0 radical (unpaired) electrons. The number of amides is 2. The highest BCUT2D eigenvalue weighted by Gasteiger charge is 2.28. The van der Waals surface area contributed by atoms with Crippen LogP contribution >= 0.6 is 0 Å². The van der Waals surface area contributed by atoms with Gasteiger partial charge in [-0.1, -0.05) is 32.1 Å². The summed E-state index contributed by atoms with van der Waals surface area (Å²) in [5, 5.41) is 9.32. The lowest BCUT2D eigenvalue weighted by Crippen LogP contribution is -2.53. The first-order chi connectivity index (χ1) is 13.5. The van der Waals surface area contributed by atoms with Gasteiger partial charge in [-0.3, -0.25) is 9.59 Å². The first-order valence-corrected chi connectivity index (χ1v) is 10.5. The molecule has 2 aliphatic rings. The van der Waals surface area contributed by atoms with Crippen molar-refractivity contribution in [1.82, 2.24) is 9.80 Å². The second-order valence-corrected chi connectivity index (χ2v) is 8.00. The summed E-state index contributed by atoms with van der Waals surface area (Å²) in [5.74, 6) is 1.60. The highest BCUT2D eigenvalue weighted by atomic mass is 16.5. The van der Waals surface area contributed by atoms with E-state index in [1.807, 2.05) is 4.90 Å². The molecule has 1 atom stereocenters. The third-order valence-electron chi connectivity index (χ3n) is 5.93. The minimum absolute atomic E-state index is 0.0672. The number of nitrogens with zero attached hydrogens (tertiary/aromatic N) is 2. The van der Waals surface area contributed by atoms with Gasteiger partial charge >= 0.3 is 0 Å². The highest BCUT2D eigenvalue weighted by Crippen LogP contribution is 2.27. The summed E-state index contributed by atoms with van der Waals surface area (Å²) in [6.45, 7) is 4.04. The molecule has 1 aliphatic carbocycles. The van der Waals surface area contributed by atoms with Crippen molar-refractivity contribution >= 4 is 11.8 Å². The van der Waals surface area contributed by atoms with E-state index in [0.717, 1.165) is 12.3 Å². The zero-order valence-electron chi connectivity index (χ0n) is 16.8. The van der Waals surface area contributed by atoms with Crippen LogP contribution in [0.15, 0.2) is 24.3 Å². The standard InChI is InChI=1S/C22H32N2O4/c1-17(28-20-10-8-19(25)9-11-20)22(27)24-15-13-23(14-16-24)21(26)12-7-18-5-3-2-4-6-18/h8-11,17-18,25H,2-7,12-16H2,1H3. The summed E-state index contributed by atoms with van der Waals surface area (Å²) < 4.78 is 5.68. The molecule has 1 saturated heterocycles. The van der Waals surface area contributed by atoms with E-state index in [4.69, 9.17) is 4.74 Å². The Balaban J connectivity index is 1.40. The molecule has 1 aromatic rings. The predicted octanol–water partition coefficient (Wildman–Crippen LogP) is 3.19. The first-order valence-electron chi connectivity index (χ1n) is 10.5. The Bertz CT molecular complexity index is 647. The Morgan fingerprint density at radius 3 is 2.29 bits per heavy atom. The number of ether oxygens (including phenoxy) is 1. The van der Waals surface area contributed by atoms with E-state index < -0.39 is 6.10 Å². The van der Waals surface area contributed by atoms with Gasteiger partial charge in [-0.2, -0.15) is 0 Å². The van der Waals surface area contributed by atoms with Gasteiger partial charge in [0.25, 0.3) is 5.91 Å². The average Bonchev–Trinajstić information content (AvgIpc) is 2.74. The number of benzene rings is 1. The smallest absolute Gasteiger partial charge is 0.263 e. The third-order valence-corrected chi connectivity index (χ3v) is 5.93. The summed E-state index contributed by atoms with van der Waals surface area (Å²) in [7, 11) is 0. The third kappa shape index (κ3) is 5.63. The topological polar surface area (TPSA) is 70.1 Å². The second-order valence-electron chi connectivity index (χ2n) is 8.00. The molecular formula is C22H32N2O4. The van der Waals surface area contributed by atoms with Crippen LogP contribution in [0.4, 0.5) is 0 Å². The van der Waals surface area contributed by atoms with E-state index in [1.54, 1.807) is 24.0 Å². The Morgan fingerprint density at radius 2 is 1.64 bits per heavy atom. The monoisotopic (exact) mass is 388 g/mol. The molecule has 28 heavy (non-hydrogen) atoms. The van der Waals surface area contributed by atoms with Gasteiger partial charge in [-0.05, 0) is 43.5 Å². The van der Waals surface area contributed by atoms with Gasteiger partial charge in [-0.15, -0.1) is 0 Å². The van der Waals surface area contributed by atoms with Crippen LogP contribution in [0, 0.1) is 5.92 Å². The Labute approximate surface area is 167 Å². The lowest BCUT2D eigenvalue weighted by Gasteiger charge is -2.36. The van der Waals surface area contributed by atoms with Crippen molar-refractivity contribution in [2.24, 2.45) is 5.92 Å². The number of phenolic OH excluding ortho intramolecular Hbond substituents is 1. The molecule has 0 aromatic heterocycles. The van der Waals surface area contributed by atoms with Gasteiger partial charge in [0.2, 0.25) is 5.91 Å². The number of hydrogen-bond donors (Lipinski definition) is 1. The molecule has 6 heteroatoms. The minimum Gasteiger partial charge on any atom is -0.508 e. The molecule has 0 bridgehead atoms. The molecular weight excluding hydrogens is 356 g/mol. The molecule has 1 aliphatic heterocycles. The van der Waals surface area contributed by atoms with E-state index in [2.05, 4.69) is 0 Å². The number of rotatable bonds is 6. The van der Waals surface area contributed by atoms with Crippen molar-refractivity contribution in [1.29, 1.82) is 0 Å². The fraction of sp³-hybridized carbons (Fsp3) is 0.636. The van der Waals surface area contributed by atoms with Crippen molar-refractivity contribution in [3.05, 3.63) is 24.3 Å². The van der Waals surface area contributed by atoms with Crippen LogP contribution in [0.2, 0.25) is 0 Å². The predicted molar refractivity (Wildman–Crippen MR) is 107 cm³/mol. The molecule has 2 fully saturated rings. The van der Waals surface area contributed by atoms with Gasteiger partial charge in [0.15, 0.2) is 6.10 Å². The number of hydrogen-bond acceptors (Lipinski definition) is 4. The van der Waals surface area contributed by atoms with Crippen molar-refractivity contribution < 1.29 is 19.4 Å². The highest BCUT2D eigenvalue weighted by molar-refractivity contribution is 5.81. The fourth-order valence-corrected chi connectivity index (χ4v) is 4.17. The second kappa shape index (κ2) is 9.80. The maximum Gasteiger partial charge on any atom is 0.263 e. The van der Waals surface area contributed by atoms with Gasteiger partial charge in [-0.25, -0.2) is 0 Å². The molecule has 1 heterocycles. The van der Waals surface area contributed by atoms with Gasteiger partial charge in [0, 0.05) is 32.6 Å². The molecule has 0 spiro atoms. The summed E-state index contributed by atoms with van der Waals surface area (Å²) >= 11 is 0. The van der Waals surface area contributed by atoms with E-state index in [9.17, 15) is 14.7 Å². The molecule has 1 N–H and O–H groups in total. The largest absolute Gasteiger partial charge is 0.508 e. The van der Waals surface area contributed by atoms with Crippen LogP contribution in [0.1, 0.15) is 51.9 Å². The molecule has 1 aromatic carbocycles. The van der Waals surface area contributed by atoms with Crippen molar-refractivity contribution in [3.8, 4) is 11.5 Å². The van der Waals surface area contributed by atoms with Crippen molar-refractivity contribution in [3.63, 3.8) is 0 Å². The van der Waals surface area contributed by atoms with Crippen LogP contribution < -0.4 is 4.74 Å². The summed E-state index contributed by atoms with van der Waals surface area (Å²) in [6, 6.07) is 6.35. The van der Waals surface area contributed by atoms with Crippen LogP contribution in [-0.2, 0) is 9.59 Å². The SMILES string of the molecule is CC(Oc1ccc(O)cc1)C(=O)N1CCN(C(=O)CCC2CCCCC2)CC1. The van der Waals surface area contributed by atoms with Gasteiger partial charge in [0.1, 0.15) is 11.5 Å². The summed E-state index contributed by atoms with van der Waals surface area (Å²) in [6.07, 6.45) is 7.55. The summed E-state index contributed by atoms with van der Waals surface area (Å²) in [5.41, 5.74) is 0. The molecule has 1 saturated carbocycles. The zero-order chi connectivity index (χ0) is 19.9. The number of carbonyl (C=O) groups excluding carboxylic acids is 2. The lowest BCUT2D eigenvalue weighted by molar-refractivity contribution is -0.143. The van der Waals surface area contributed by atoms with Crippen LogP contribution in [0.5, 0.6) is 11.5 Å². The number of aromatic hydroxyl groups is 1. The van der Waals surface area contributed by atoms with E-state index >= 15 is 0 Å². The molecule has 154 valence electrons. The number of phenols is 1. The fourth-order valence-electron chi connectivity index (χ4n) is 4.17. The lowest BCUT2D eigenvalue weighted by atomic mass is 9.86. The average molecular weight is 389 g/mol. The van der Waals surface area contributed by atoms with Crippen LogP contribution in [0.25, 0.3) is 0 Å². The molecule has 6 nitrogen and oxygen atoms in total. The minimum atomic E-state index is -0.599. The maximum atomic E-state index is 12.6. The van der Waals surface area contributed by atoms with Crippen LogP contribution in [-0.4, -0.2) is 59.0 Å². The Morgan fingerprint density at radius 1 is 1.04 bits per heavy atom. The summed E-state index contributed by atoms with van der Waals surface area (Å²) in [4.78, 5) is 28.8. The Hall–Kier alpha value is -2.24. The van der Waals surface area contributed by atoms with Gasteiger partial charge < -0.3 is 19.6 Å². The van der Waals surface area contributed by atoms with E-state index in [0.29, 0.717) is 38.3 Å². The van der Waals surface area contributed by atoms with Crippen LogP contribution in [0.3, 0.4) is 0 Å². The number of piperazine rings is 1. The van der Waals surface area contributed by atoms with Crippen molar-refractivity contribution in [2.45, 2.75) is 58.0 Å². The van der Waals surface area contributed by atoms with E-state index in [-0.39, 0.29) is 17.6 Å².